The van der Waals surface area contributed by atoms with Crippen molar-refractivity contribution in [2.24, 2.45) is 0 Å². The Morgan fingerprint density at radius 3 is 2.04 bits per heavy atom. The van der Waals surface area contributed by atoms with Crippen LogP contribution in [0.1, 0.15) is 72.7 Å². The van der Waals surface area contributed by atoms with Gasteiger partial charge in [0, 0.05) is 19.7 Å². The summed E-state index contributed by atoms with van der Waals surface area (Å²) < 4.78 is 5.61. The van der Waals surface area contributed by atoms with Gasteiger partial charge >= 0.3 is 5.97 Å². The quantitative estimate of drug-likeness (QED) is 0.739. The fourth-order valence-electron chi connectivity index (χ4n) is 2.90. The van der Waals surface area contributed by atoms with Crippen LogP contribution in [0.15, 0.2) is 42.5 Å². The van der Waals surface area contributed by atoms with Crippen molar-refractivity contribution in [3.8, 4) is 5.75 Å². The Hall–Kier alpha value is -2.82. The highest BCUT2D eigenvalue weighted by Crippen LogP contribution is 2.34. The second-order valence-electron chi connectivity index (χ2n) is 7.74. The number of nitrogens with zero attached hydrogens (tertiary/aromatic N) is 1. The molecule has 0 aliphatic rings. The zero-order chi connectivity index (χ0) is 21.0. The first-order valence-electron chi connectivity index (χ1n) is 9.47. The number of amides is 1. The van der Waals surface area contributed by atoms with E-state index in [9.17, 15) is 14.7 Å². The molecule has 0 bridgehead atoms. The molecule has 0 aromatic heterocycles. The third-order valence-electron chi connectivity index (χ3n) is 4.66. The first kappa shape index (κ1) is 21.5. The Bertz CT molecular complexity index is 841. The second-order valence-corrected chi connectivity index (χ2v) is 7.74. The van der Waals surface area contributed by atoms with Gasteiger partial charge in [0.15, 0.2) is 0 Å². The minimum Gasteiger partial charge on any atom is -0.507 e. The predicted molar refractivity (Wildman–Crippen MR) is 110 cm³/mol. The van der Waals surface area contributed by atoms with E-state index in [0.29, 0.717) is 11.1 Å². The number of hydrogen-bond acceptors (Lipinski definition) is 4. The molecule has 0 radical (unpaired) electrons. The van der Waals surface area contributed by atoms with E-state index in [1.54, 1.807) is 44.4 Å². The smallest absolute Gasteiger partial charge is 0.343 e. The van der Waals surface area contributed by atoms with E-state index in [1.165, 1.54) is 4.90 Å². The molecule has 2 aromatic rings. The topological polar surface area (TPSA) is 66.8 Å². The van der Waals surface area contributed by atoms with Crippen LogP contribution in [-0.4, -0.2) is 36.0 Å². The minimum absolute atomic E-state index is 0.0403. The molecule has 0 fully saturated rings. The molecule has 150 valence electrons. The number of carbonyl (C=O) groups is 2. The van der Waals surface area contributed by atoms with E-state index in [2.05, 4.69) is 0 Å². The molecule has 1 N–H and O–H groups in total. The molecule has 5 nitrogen and oxygen atoms in total. The lowest BCUT2D eigenvalue weighted by Gasteiger charge is -2.22. The number of phenolic OH excluding ortho intramolecular Hbond substituents is 1. The Morgan fingerprint density at radius 2 is 1.54 bits per heavy atom. The van der Waals surface area contributed by atoms with Gasteiger partial charge in [0.1, 0.15) is 11.3 Å². The molecule has 0 aliphatic carbocycles. The fourth-order valence-corrected chi connectivity index (χ4v) is 2.90. The summed E-state index contributed by atoms with van der Waals surface area (Å²) in [6, 6.07) is 12.4. The van der Waals surface area contributed by atoms with Gasteiger partial charge in [-0.2, -0.15) is 0 Å². The number of phenols is 1. The summed E-state index contributed by atoms with van der Waals surface area (Å²) in [5, 5.41) is 10.7. The number of esters is 1. The third-order valence-corrected chi connectivity index (χ3v) is 4.66. The summed E-state index contributed by atoms with van der Waals surface area (Å²) >= 11 is 0. The van der Waals surface area contributed by atoms with Gasteiger partial charge in [0.25, 0.3) is 5.91 Å². The number of carbonyl (C=O) groups excluding carboxylic acids is 2. The van der Waals surface area contributed by atoms with E-state index in [-0.39, 0.29) is 29.1 Å². The van der Waals surface area contributed by atoms with Gasteiger partial charge in [-0.3, -0.25) is 4.79 Å². The zero-order valence-corrected chi connectivity index (χ0v) is 17.4. The van der Waals surface area contributed by atoms with Crippen LogP contribution >= 0.6 is 0 Å². The molecule has 2 rings (SSSR count). The van der Waals surface area contributed by atoms with E-state index >= 15 is 0 Å². The summed E-state index contributed by atoms with van der Waals surface area (Å²) in [5.74, 6) is -0.931. The van der Waals surface area contributed by atoms with Crippen molar-refractivity contribution in [3.05, 3.63) is 64.7 Å². The van der Waals surface area contributed by atoms with Gasteiger partial charge in [0.2, 0.25) is 6.10 Å². The van der Waals surface area contributed by atoms with Crippen molar-refractivity contribution in [1.82, 2.24) is 4.90 Å². The maximum Gasteiger partial charge on any atom is 0.343 e. The number of aromatic hydroxyl groups is 1. The van der Waals surface area contributed by atoms with Crippen molar-refractivity contribution in [2.75, 3.05) is 14.1 Å². The third kappa shape index (κ3) is 4.71. The standard InChI is InChI=1S/C23H29NO4/c1-14(2)17-12-18(15(3)4)20(25)19(13-17)23(27)28-21(22(26)24(5)6)16-10-8-7-9-11-16/h7-15,21,25H,1-6H3/t21-/m0/s1. The number of ether oxygens (including phenoxy) is 1. The molecule has 0 spiro atoms. The predicted octanol–water partition coefficient (Wildman–Crippen LogP) is 4.63. The summed E-state index contributed by atoms with van der Waals surface area (Å²) in [6.45, 7) is 7.95. The highest BCUT2D eigenvalue weighted by Gasteiger charge is 2.29. The molecule has 0 saturated heterocycles. The Labute approximate surface area is 166 Å². The van der Waals surface area contributed by atoms with E-state index in [1.807, 2.05) is 39.8 Å². The molecule has 1 atom stereocenters. The number of hydrogen-bond donors (Lipinski definition) is 1. The van der Waals surface area contributed by atoms with E-state index in [0.717, 1.165) is 5.56 Å². The van der Waals surface area contributed by atoms with Crippen molar-refractivity contribution < 1.29 is 19.4 Å². The van der Waals surface area contributed by atoms with Crippen LogP contribution in [-0.2, 0) is 9.53 Å². The number of likely N-dealkylation sites (N-methyl/N-ethyl adjacent to an activating group) is 1. The monoisotopic (exact) mass is 383 g/mol. The van der Waals surface area contributed by atoms with Crippen molar-refractivity contribution >= 4 is 11.9 Å². The van der Waals surface area contributed by atoms with Gasteiger partial charge in [0.05, 0.1) is 0 Å². The first-order valence-corrected chi connectivity index (χ1v) is 9.47. The highest BCUT2D eigenvalue weighted by molar-refractivity contribution is 5.95. The Morgan fingerprint density at radius 1 is 0.929 bits per heavy atom. The Balaban J connectivity index is 2.47. The van der Waals surface area contributed by atoms with Crippen LogP contribution in [0.3, 0.4) is 0 Å². The van der Waals surface area contributed by atoms with Crippen LogP contribution in [0.5, 0.6) is 5.75 Å². The maximum atomic E-state index is 13.0. The van der Waals surface area contributed by atoms with Gasteiger partial charge in [-0.15, -0.1) is 0 Å². The molecule has 5 heteroatoms. The molecule has 28 heavy (non-hydrogen) atoms. The summed E-state index contributed by atoms with van der Waals surface area (Å²) in [4.78, 5) is 27.0. The first-order chi connectivity index (χ1) is 13.1. The lowest BCUT2D eigenvalue weighted by molar-refractivity contribution is -0.138. The molecule has 0 heterocycles. The normalized spacial score (nSPS) is 12.1. The maximum absolute atomic E-state index is 13.0. The van der Waals surface area contributed by atoms with E-state index < -0.39 is 12.1 Å². The van der Waals surface area contributed by atoms with Gasteiger partial charge in [-0.25, -0.2) is 4.79 Å². The largest absolute Gasteiger partial charge is 0.507 e. The zero-order valence-electron chi connectivity index (χ0n) is 17.4. The van der Waals surface area contributed by atoms with Gasteiger partial charge in [-0.05, 0) is 29.0 Å². The summed E-state index contributed by atoms with van der Waals surface area (Å²) in [6.07, 6.45) is -1.08. The van der Waals surface area contributed by atoms with Crippen molar-refractivity contribution in [3.63, 3.8) is 0 Å². The lowest BCUT2D eigenvalue weighted by atomic mass is 9.92. The average Bonchev–Trinajstić information content (AvgIpc) is 2.65. The number of rotatable bonds is 6. The van der Waals surface area contributed by atoms with Crippen LogP contribution in [0, 0.1) is 0 Å². The van der Waals surface area contributed by atoms with Crippen LogP contribution in [0.2, 0.25) is 0 Å². The van der Waals surface area contributed by atoms with Crippen LogP contribution < -0.4 is 0 Å². The minimum atomic E-state index is -1.08. The fraction of sp³-hybridized carbons (Fsp3) is 0.391. The van der Waals surface area contributed by atoms with Gasteiger partial charge < -0.3 is 14.7 Å². The summed E-state index contributed by atoms with van der Waals surface area (Å²) in [5.41, 5.74) is 2.29. The SMILES string of the molecule is CC(C)c1cc(C(=O)O[C@H](C(=O)N(C)C)c2ccccc2)c(O)c(C(C)C)c1. The second kappa shape index (κ2) is 8.91. The Kier molecular flexibility index (Phi) is 6.84. The molecule has 0 aliphatic heterocycles. The van der Waals surface area contributed by atoms with E-state index in [4.69, 9.17) is 4.74 Å². The highest BCUT2D eigenvalue weighted by atomic mass is 16.5. The average molecular weight is 383 g/mol. The van der Waals surface area contributed by atoms with Gasteiger partial charge in [-0.1, -0.05) is 64.1 Å². The summed E-state index contributed by atoms with van der Waals surface area (Å²) in [7, 11) is 3.22. The molecular formula is C23H29NO4. The molecular weight excluding hydrogens is 354 g/mol. The molecule has 2 aromatic carbocycles. The molecule has 0 saturated carbocycles. The molecule has 0 unspecified atom stereocenters. The van der Waals surface area contributed by atoms with Crippen LogP contribution in [0.25, 0.3) is 0 Å². The van der Waals surface area contributed by atoms with Crippen LogP contribution in [0.4, 0.5) is 0 Å². The van der Waals surface area contributed by atoms with Crippen molar-refractivity contribution in [1.29, 1.82) is 0 Å². The number of benzene rings is 2. The molecule has 1 amide bonds. The van der Waals surface area contributed by atoms with Crippen molar-refractivity contribution in [2.45, 2.75) is 45.6 Å². The lowest BCUT2D eigenvalue weighted by Crippen LogP contribution is -2.31.